The number of carbonyl (C=O) groups is 1. The van der Waals surface area contributed by atoms with Crippen LogP contribution in [0.15, 0.2) is 29.2 Å². The van der Waals surface area contributed by atoms with E-state index >= 15 is 0 Å². The number of benzene rings is 1. The maximum atomic E-state index is 12.0. The van der Waals surface area contributed by atoms with Crippen molar-refractivity contribution in [1.82, 2.24) is 9.97 Å². The molecular weight excluding hydrogens is 300 g/mol. The van der Waals surface area contributed by atoms with Crippen LogP contribution < -0.4 is 15.0 Å². The van der Waals surface area contributed by atoms with Crippen LogP contribution in [0.2, 0.25) is 0 Å². The molecule has 0 saturated carbocycles. The van der Waals surface area contributed by atoms with Crippen molar-refractivity contribution in [2.75, 3.05) is 13.7 Å². The Bertz CT molecular complexity index is 754. The minimum Gasteiger partial charge on any atom is -0.493 e. The number of H-pyrrole nitrogens is 1. The van der Waals surface area contributed by atoms with Gasteiger partial charge in [-0.1, -0.05) is 0 Å². The Balaban J connectivity index is 2.31. The largest absolute Gasteiger partial charge is 0.493 e. The van der Waals surface area contributed by atoms with Gasteiger partial charge in [0, 0.05) is 23.7 Å². The number of hydrogen-bond acceptors (Lipinski definition) is 5. The fourth-order valence-electron chi connectivity index (χ4n) is 2.08. The summed E-state index contributed by atoms with van der Waals surface area (Å²) in [5.41, 5.74) is 0.677. The topological polar surface area (TPSA) is 102 Å². The predicted molar refractivity (Wildman–Crippen MR) is 84.0 cm³/mol. The van der Waals surface area contributed by atoms with Gasteiger partial charge in [0.05, 0.1) is 13.7 Å². The van der Waals surface area contributed by atoms with Gasteiger partial charge in [0.15, 0.2) is 11.5 Å². The number of rotatable bonds is 7. The van der Waals surface area contributed by atoms with E-state index in [0.717, 1.165) is 0 Å². The van der Waals surface area contributed by atoms with Crippen molar-refractivity contribution >= 4 is 5.97 Å². The quantitative estimate of drug-likeness (QED) is 0.808. The zero-order valence-corrected chi connectivity index (χ0v) is 13.0. The summed E-state index contributed by atoms with van der Waals surface area (Å²) < 4.78 is 10.7. The maximum Gasteiger partial charge on any atom is 0.303 e. The van der Waals surface area contributed by atoms with Gasteiger partial charge >= 0.3 is 5.97 Å². The fraction of sp³-hybridized carbons (Fsp3) is 0.312. The lowest BCUT2D eigenvalue weighted by molar-refractivity contribution is -0.136. The zero-order valence-electron chi connectivity index (χ0n) is 13.0. The van der Waals surface area contributed by atoms with Gasteiger partial charge in [-0.2, -0.15) is 0 Å². The van der Waals surface area contributed by atoms with E-state index in [1.807, 2.05) is 6.92 Å². The lowest BCUT2D eigenvalue weighted by Gasteiger charge is -2.11. The van der Waals surface area contributed by atoms with E-state index in [-0.39, 0.29) is 18.4 Å². The van der Waals surface area contributed by atoms with Crippen molar-refractivity contribution in [2.45, 2.75) is 19.8 Å². The lowest BCUT2D eigenvalue weighted by Crippen LogP contribution is -2.15. The Hall–Kier alpha value is -2.83. The van der Waals surface area contributed by atoms with E-state index in [4.69, 9.17) is 14.6 Å². The first-order valence-corrected chi connectivity index (χ1v) is 7.16. The molecule has 1 heterocycles. The Morgan fingerprint density at radius 3 is 2.74 bits per heavy atom. The van der Waals surface area contributed by atoms with Crippen LogP contribution in [0.25, 0.3) is 11.4 Å². The van der Waals surface area contributed by atoms with Crippen molar-refractivity contribution in [3.8, 4) is 22.9 Å². The summed E-state index contributed by atoms with van der Waals surface area (Å²) in [5, 5.41) is 8.67. The third-order valence-electron chi connectivity index (χ3n) is 3.22. The van der Waals surface area contributed by atoms with Crippen LogP contribution in [0.4, 0.5) is 0 Å². The van der Waals surface area contributed by atoms with Gasteiger partial charge in [0.1, 0.15) is 5.82 Å². The second-order valence-corrected chi connectivity index (χ2v) is 4.78. The number of carboxylic acids is 1. The van der Waals surface area contributed by atoms with E-state index in [0.29, 0.717) is 35.1 Å². The molecule has 0 bridgehead atoms. The number of nitrogens with zero attached hydrogens (tertiary/aromatic N) is 1. The number of hydrogen-bond donors (Lipinski definition) is 2. The second kappa shape index (κ2) is 7.44. The van der Waals surface area contributed by atoms with Gasteiger partial charge < -0.3 is 19.6 Å². The molecule has 0 aliphatic carbocycles. The van der Waals surface area contributed by atoms with Crippen molar-refractivity contribution in [1.29, 1.82) is 0 Å². The zero-order chi connectivity index (χ0) is 16.8. The summed E-state index contributed by atoms with van der Waals surface area (Å²) in [6.07, 6.45) is 1.44. The molecule has 7 nitrogen and oxygen atoms in total. The Morgan fingerprint density at radius 1 is 1.35 bits per heavy atom. The first-order chi connectivity index (χ1) is 11.0. The van der Waals surface area contributed by atoms with Gasteiger partial charge in [-0.3, -0.25) is 9.59 Å². The predicted octanol–water partition coefficient (Wildman–Crippen LogP) is 1.86. The number of nitrogens with one attached hydrogen (secondary N) is 1. The number of methoxy groups -OCH3 is 1. The van der Waals surface area contributed by atoms with E-state index in [9.17, 15) is 9.59 Å². The molecule has 23 heavy (non-hydrogen) atoms. The van der Waals surface area contributed by atoms with E-state index in [1.165, 1.54) is 6.20 Å². The van der Waals surface area contributed by atoms with Crippen molar-refractivity contribution in [3.05, 3.63) is 40.3 Å². The smallest absolute Gasteiger partial charge is 0.303 e. The minimum atomic E-state index is -0.954. The highest BCUT2D eigenvalue weighted by Crippen LogP contribution is 2.31. The summed E-state index contributed by atoms with van der Waals surface area (Å²) in [6.45, 7) is 2.35. The molecule has 0 aliphatic heterocycles. The third kappa shape index (κ3) is 4.09. The lowest BCUT2D eigenvalue weighted by atomic mass is 10.1. The highest BCUT2D eigenvalue weighted by molar-refractivity contribution is 5.67. The van der Waals surface area contributed by atoms with Crippen LogP contribution in [-0.4, -0.2) is 34.8 Å². The SMILES string of the molecule is CCOc1cc(-c2ncc(CCC(=O)O)c(=O)[nH]2)ccc1OC. The summed E-state index contributed by atoms with van der Waals surface area (Å²) in [7, 11) is 1.55. The number of aliphatic carboxylic acids is 1. The van der Waals surface area contributed by atoms with Gasteiger partial charge in [-0.25, -0.2) is 4.98 Å². The number of aromatic nitrogens is 2. The highest BCUT2D eigenvalue weighted by Gasteiger charge is 2.10. The Morgan fingerprint density at radius 2 is 2.13 bits per heavy atom. The number of aryl methyl sites for hydroxylation is 1. The van der Waals surface area contributed by atoms with E-state index in [2.05, 4.69) is 9.97 Å². The summed E-state index contributed by atoms with van der Waals surface area (Å²) in [6, 6.07) is 5.23. The van der Waals surface area contributed by atoms with Crippen molar-refractivity contribution in [3.63, 3.8) is 0 Å². The van der Waals surface area contributed by atoms with Crippen LogP contribution >= 0.6 is 0 Å². The van der Waals surface area contributed by atoms with Crippen LogP contribution in [0, 0.1) is 0 Å². The van der Waals surface area contributed by atoms with Crippen LogP contribution in [-0.2, 0) is 11.2 Å². The summed E-state index contributed by atoms with van der Waals surface area (Å²) >= 11 is 0. The number of carboxylic acid groups (broad SMARTS) is 1. The molecule has 0 aliphatic rings. The molecular formula is C16H18N2O5. The third-order valence-corrected chi connectivity index (χ3v) is 3.22. The molecule has 0 saturated heterocycles. The second-order valence-electron chi connectivity index (χ2n) is 4.78. The van der Waals surface area contributed by atoms with Gasteiger partial charge in [-0.15, -0.1) is 0 Å². The first-order valence-electron chi connectivity index (χ1n) is 7.16. The highest BCUT2D eigenvalue weighted by atomic mass is 16.5. The summed E-state index contributed by atoms with van der Waals surface area (Å²) in [4.78, 5) is 29.5. The molecule has 2 aromatic rings. The average Bonchev–Trinajstić information content (AvgIpc) is 2.53. The van der Waals surface area contributed by atoms with Crippen LogP contribution in [0.1, 0.15) is 18.9 Å². The molecule has 7 heteroatoms. The molecule has 0 atom stereocenters. The Labute approximate surface area is 132 Å². The first kappa shape index (κ1) is 16.5. The van der Waals surface area contributed by atoms with Gasteiger partial charge in [-0.05, 0) is 31.5 Å². The Kier molecular flexibility index (Phi) is 5.35. The van der Waals surface area contributed by atoms with E-state index < -0.39 is 5.97 Å². The van der Waals surface area contributed by atoms with Gasteiger partial charge in [0.25, 0.3) is 5.56 Å². The van der Waals surface area contributed by atoms with Crippen LogP contribution in [0.3, 0.4) is 0 Å². The molecule has 0 amide bonds. The molecule has 2 N–H and O–H groups in total. The van der Waals surface area contributed by atoms with Crippen molar-refractivity contribution in [2.24, 2.45) is 0 Å². The molecule has 2 rings (SSSR count). The molecule has 122 valence electrons. The minimum absolute atomic E-state index is 0.110. The van der Waals surface area contributed by atoms with E-state index in [1.54, 1.807) is 25.3 Å². The maximum absolute atomic E-state index is 12.0. The molecule has 0 spiro atoms. The molecule has 1 aromatic heterocycles. The van der Waals surface area contributed by atoms with Crippen molar-refractivity contribution < 1.29 is 19.4 Å². The molecule has 1 aromatic carbocycles. The summed E-state index contributed by atoms with van der Waals surface area (Å²) in [5.74, 6) is 0.587. The average molecular weight is 318 g/mol. The number of aromatic amines is 1. The monoisotopic (exact) mass is 318 g/mol. The van der Waals surface area contributed by atoms with Gasteiger partial charge in [0.2, 0.25) is 0 Å². The van der Waals surface area contributed by atoms with Crippen LogP contribution in [0.5, 0.6) is 11.5 Å². The number of ether oxygens (including phenoxy) is 2. The normalized spacial score (nSPS) is 10.3. The standard InChI is InChI=1S/C16H18N2O5/c1-3-23-13-8-10(4-6-12(13)22-2)15-17-9-11(16(21)18-15)5-7-14(19)20/h4,6,8-9H,3,5,7H2,1-2H3,(H,19,20)(H,17,18,21). The fourth-order valence-corrected chi connectivity index (χ4v) is 2.08. The molecule has 0 fully saturated rings. The molecule has 0 radical (unpaired) electrons. The molecule has 0 unspecified atom stereocenters.